The zero-order valence-electron chi connectivity index (χ0n) is 18.1. The molecule has 32 heavy (non-hydrogen) atoms. The van der Waals surface area contributed by atoms with E-state index in [1.807, 2.05) is 47.4 Å². The number of nitrogens with two attached hydrogens (primary N) is 2. The predicted octanol–water partition coefficient (Wildman–Crippen LogP) is 2.79. The highest BCUT2D eigenvalue weighted by Gasteiger charge is 2.18. The number of aromatic nitrogens is 1. The van der Waals surface area contributed by atoms with E-state index in [0.29, 0.717) is 42.5 Å². The first-order valence-corrected chi connectivity index (χ1v) is 10.9. The minimum atomic E-state index is -0.226. The van der Waals surface area contributed by atoms with Crippen molar-refractivity contribution in [3.63, 3.8) is 0 Å². The molecule has 0 saturated carbocycles. The number of aryl methyl sites for hydroxylation is 2. The second-order valence-electron chi connectivity index (χ2n) is 7.92. The molecule has 2 aromatic carbocycles. The lowest BCUT2D eigenvalue weighted by atomic mass is 10.0. The highest BCUT2D eigenvalue weighted by Crippen LogP contribution is 2.24. The molecule has 3 aromatic rings. The van der Waals surface area contributed by atoms with Crippen LogP contribution in [-0.2, 0) is 12.8 Å². The Hall–Kier alpha value is -3.23. The van der Waals surface area contributed by atoms with Gasteiger partial charge in [-0.2, -0.15) is 4.99 Å². The molecule has 0 aliphatic carbocycles. The van der Waals surface area contributed by atoms with Crippen molar-refractivity contribution in [3.05, 3.63) is 71.7 Å². The molecule has 168 valence electrons. The standard InChI is InChI=1S/C24H29FN6O/c25-22-16-18(7-9-21(22)19-4-2-1-3-5-19)6-8-20-17-23(29-32-20)28-24(27)31-14-12-30(11-10-26)13-15-31/h1-5,7,9,16-17H,6,8,10-15,26H2,(H2,27,28,29). The number of hydrogen-bond donors (Lipinski definition) is 2. The molecule has 8 heteroatoms. The zero-order valence-corrected chi connectivity index (χ0v) is 18.1. The molecule has 7 nitrogen and oxygen atoms in total. The molecule has 0 radical (unpaired) electrons. The molecule has 4 rings (SSSR count). The number of rotatable bonds is 7. The summed E-state index contributed by atoms with van der Waals surface area (Å²) >= 11 is 0. The molecule has 2 heterocycles. The van der Waals surface area contributed by atoms with Crippen LogP contribution in [0.1, 0.15) is 11.3 Å². The van der Waals surface area contributed by atoms with Crippen LogP contribution in [-0.4, -0.2) is 60.2 Å². The van der Waals surface area contributed by atoms with Gasteiger partial charge in [0.25, 0.3) is 0 Å². The number of nitrogens with zero attached hydrogens (tertiary/aromatic N) is 4. The summed E-state index contributed by atoms with van der Waals surface area (Å²) in [6, 6.07) is 16.7. The van der Waals surface area contributed by atoms with Gasteiger partial charge in [0, 0.05) is 57.3 Å². The molecule has 0 spiro atoms. The molecular formula is C24H29FN6O. The van der Waals surface area contributed by atoms with Crippen molar-refractivity contribution in [1.82, 2.24) is 15.0 Å². The third-order valence-corrected chi connectivity index (χ3v) is 5.70. The van der Waals surface area contributed by atoms with E-state index >= 15 is 0 Å². The lowest BCUT2D eigenvalue weighted by Gasteiger charge is -2.34. The van der Waals surface area contributed by atoms with Crippen molar-refractivity contribution >= 4 is 11.8 Å². The number of piperazine rings is 1. The van der Waals surface area contributed by atoms with Crippen LogP contribution in [0.2, 0.25) is 0 Å². The van der Waals surface area contributed by atoms with Crippen LogP contribution >= 0.6 is 0 Å². The Morgan fingerprint density at radius 2 is 1.81 bits per heavy atom. The SMILES string of the molecule is NCCN1CCN(C(N)=Nc2cc(CCc3ccc(-c4ccccc4)c(F)c3)on2)CC1. The Morgan fingerprint density at radius 3 is 2.53 bits per heavy atom. The van der Waals surface area contributed by atoms with Gasteiger partial charge < -0.3 is 20.9 Å². The van der Waals surface area contributed by atoms with Gasteiger partial charge in [0.15, 0.2) is 11.8 Å². The Morgan fingerprint density at radius 1 is 1.03 bits per heavy atom. The summed E-state index contributed by atoms with van der Waals surface area (Å²) in [6.45, 7) is 5.01. The van der Waals surface area contributed by atoms with Gasteiger partial charge in [0.05, 0.1) is 0 Å². The molecule has 0 atom stereocenters. The number of benzene rings is 2. The van der Waals surface area contributed by atoms with Crippen molar-refractivity contribution < 1.29 is 8.91 Å². The van der Waals surface area contributed by atoms with Crippen LogP contribution in [0.3, 0.4) is 0 Å². The van der Waals surface area contributed by atoms with Gasteiger partial charge in [0.2, 0.25) is 0 Å². The fraction of sp³-hybridized carbons (Fsp3) is 0.333. The molecule has 0 bridgehead atoms. The Bertz CT molecular complexity index is 1040. The Labute approximate surface area is 187 Å². The largest absolute Gasteiger partial charge is 0.369 e. The van der Waals surface area contributed by atoms with E-state index < -0.39 is 0 Å². The minimum Gasteiger partial charge on any atom is -0.369 e. The Kier molecular flexibility index (Phi) is 7.14. The summed E-state index contributed by atoms with van der Waals surface area (Å²) in [5.74, 6) is 1.36. The first kappa shape index (κ1) is 22.0. The molecular weight excluding hydrogens is 407 g/mol. The molecule has 1 saturated heterocycles. The van der Waals surface area contributed by atoms with Gasteiger partial charge in [-0.1, -0.05) is 47.6 Å². The molecule has 0 unspecified atom stereocenters. The third kappa shape index (κ3) is 5.52. The summed E-state index contributed by atoms with van der Waals surface area (Å²) < 4.78 is 20.0. The lowest BCUT2D eigenvalue weighted by molar-refractivity contribution is 0.185. The Balaban J connectivity index is 1.33. The number of guanidine groups is 1. The van der Waals surface area contributed by atoms with Gasteiger partial charge in [-0.05, 0) is 23.6 Å². The predicted molar refractivity (Wildman–Crippen MR) is 124 cm³/mol. The van der Waals surface area contributed by atoms with E-state index in [2.05, 4.69) is 15.0 Å². The maximum absolute atomic E-state index is 14.6. The summed E-state index contributed by atoms with van der Waals surface area (Å²) in [5.41, 5.74) is 14.2. The van der Waals surface area contributed by atoms with Crippen LogP contribution in [0.25, 0.3) is 11.1 Å². The number of halogens is 1. The topological polar surface area (TPSA) is 96.9 Å². The van der Waals surface area contributed by atoms with E-state index in [1.54, 1.807) is 12.1 Å². The minimum absolute atomic E-state index is 0.226. The van der Waals surface area contributed by atoms with Gasteiger partial charge >= 0.3 is 0 Å². The second-order valence-corrected chi connectivity index (χ2v) is 7.92. The normalized spacial score (nSPS) is 15.3. The first-order chi connectivity index (χ1) is 15.6. The van der Waals surface area contributed by atoms with Crippen LogP contribution in [0, 0.1) is 5.82 Å². The van der Waals surface area contributed by atoms with E-state index in [1.165, 1.54) is 0 Å². The number of hydrogen-bond acceptors (Lipinski definition) is 5. The molecule has 1 fully saturated rings. The van der Waals surface area contributed by atoms with Gasteiger partial charge in [-0.3, -0.25) is 4.90 Å². The van der Waals surface area contributed by atoms with Gasteiger partial charge in [-0.25, -0.2) is 4.39 Å². The van der Waals surface area contributed by atoms with Crippen LogP contribution in [0.5, 0.6) is 0 Å². The highest BCUT2D eigenvalue weighted by molar-refractivity contribution is 5.80. The first-order valence-electron chi connectivity index (χ1n) is 10.9. The summed E-state index contributed by atoms with van der Waals surface area (Å²) in [4.78, 5) is 8.75. The van der Waals surface area contributed by atoms with E-state index in [0.717, 1.165) is 43.9 Å². The van der Waals surface area contributed by atoms with Gasteiger partial charge in [-0.15, -0.1) is 0 Å². The quantitative estimate of drug-likeness (QED) is 0.437. The maximum atomic E-state index is 14.6. The van der Waals surface area contributed by atoms with Crippen LogP contribution < -0.4 is 11.5 Å². The monoisotopic (exact) mass is 436 g/mol. The average Bonchev–Trinajstić information content (AvgIpc) is 3.26. The molecule has 1 aliphatic heterocycles. The zero-order chi connectivity index (χ0) is 22.3. The van der Waals surface area contributed by atoms with E-state index in [9.17, 15) is 4.39 Å². The van der Waals surface area contributed by atoms with Crippen molar-refractivity contribution in [2.45, 2.75) is 12.8 Å². The summed E-state index contributed by atoms with van der Waals surface area (Å²) in [7, 11) is 0. The van der Waals surface area contributed by atoms with Crippen molar-refractivity contribution in [2.24, 2.45) is 16.5 Å². The van der Waals surface area contributed by atoms with Crippen molar-refractivity contribution in [3.8, 4) is 11.1 Å². The van der Waals surface area contributed by atoms with Crippen LogP contribution in [0.15, 0.2) is 64.1 Å². The van der Waals surface area contributed by atoms with Crippen molar-refractivity contribution in [1.29, 1.82) is 0 Å². The maximum Gasteiger partial charge on any atom is 0.198 e. The average molecular weight is 437 g/mol. The fourth-order valence-electron chi connectivity index (χ4n) is 3.88. The molecule has 1 aliphatic rings. The number of aliphatic imine (C=N–C) groups is 1. The van der Waals surface area contributed by atoms with E-state index in [4.69, 9.17) is 16.0 Å². The highest BCUT2D eigenvalue weighted by atomic mass is 19.1. The smallest absolute Gasteiger partial charge is 0.198 e. The van der Waals surface area contributed by atoms with Crippen molar-refractivity contribution in [2.75, 3.05) is 39.3 Å². The molecule has 4 N–H and O–H groups in total. The lowest BCUT2D eigenvalue weighted by Crippen LogP contribution is -2.51. The molecule has 0 amide bonds. The second kappa shape index (κ2) is 10.4. The fourth-order valence-corrected chi connectivity index (χ4v) is 3.88. The van der Waals surface area contributed by atoms with Crippen LogP contribution in [0.4, 0.5) is 10.2 Å². The summed E-state index contributed by atoms with van der Waals surface area (Å²) in [6.07, 6.45) is 1.24. The molecule has 1 aromatic heterocycles. The summed E-state index contributed by atoms with van der Waals surface area (Å²) in [5, 5.41) is 4.01. The third-order valence-electron chi connectivity index (χ3n) is 5.70. The van der Waals surface area contributed by atoms with Gasteiger partial charge in [0.1, 0.15) is 11.6 Å². The van der Waals surface area contributed by atoms with E-state index in [-0.39, 0.29) is 5.82 Å².